The first-order valence-corrected chi connectivity index (χ1v) is 12.0. The Morgan fingerprint density at radius 3 is 2.44 bits per heavy atom. The lowest BCUT2D eigenvalue weighted by molar-refractivity contribution is -0.142. The second kappa shape index (κ2) is 8.51. The van der Waals surface area contributed by atoms with Gasteiger partial charge in [0, 0.05) is 12.1 Å². The van der Waals surface area contributed by atoms with Crippen molar-refractivity contribution in [1.82, 2.24) is 5.32 Å². The molecule has 0 amide bonds. The number of hydrogen-bond donors (Lipinski definition) is 2. The third-order valence-corrected chi connectivity index (χ3v) is 7.64. The molecule has 0 saturated heterocycles. The molecule has 0 heterocycles. The van der Waals surface area contributed by atoms with Gasteiger partial charge in [-0.1, -0.05) is 23.7 Å². The third-order valence-electron chi connectivity index (χ3n) is 7.36. The Hall–Kier alpha value is -1.82. The predicted molar refractivity (Wildman–Crippen MR) is 123 cm³/mol. The Balaban J connectivity index is 1.30. The van der Waals surface area contributed by atoms with E-state index in [2.05, 4.69) is 5.32 Å². The largest absolute Gasteiger partial charge is 0.490 e. The molecule has 2 aromatic carbocycles. The zero-order chi connectivity index (χ0) is 22.3. The van der Waals surface area contributed by atoms with Gasteiger partial charge in [0.2, 0.25) is 0 Å². The van der Waals surface area contributed by atoms with Crippen molar-refractivity contribution in [2.75, 3.05) is 6.61 Å². The Kier molecular flexibility index (Phi) is 5.85. The second-order valence-electron chi connectivity index (χ2n) is 10.1. The number of ether oxygens (including phenoxy) is 2. The summed E-state index contributed by atoms with van der Waals surface area (Å²) >= 11 is 6.61. The molecule has 6 heteroatoms. The molecule has 4 saturated carbocycles. The van der Waals surface area contributed by atoms with Crippen molar-refractivity contribution < 1.29 is 19.0 Å². The average Bonchev–Trinajstić information content (AvgIpc) is 2.71. The van der Waals surface area contributed by atoms with Crippen LogP contribution < -0.4 is 14.8 Å². The maximum Gasteiger partial charge on any atom is 0.180 e. The van der Waals surface area contributed by atoms with Gasteiger partial charge in [-0.3, -0.25) is 0 Å². The fourth-order valence-corrected chi connectivity index (χ4v) is 6.86. The zero-order valence-electron chi connectivity index (χ0n) is 18.5. The SMILES string of the molecule is CCOc1cc(CNC23CC4CC(CC(O)(C4)C2)C3)cc(Cl)c1OCc1ccc(F)cc1. The van der Waals surface area contributed by atoms with Gasteiger partial charge >= 0.3 is 0 Å². The molecule has 4 aliphatic rings. The summed E-state index contributed by atoms with van der Waals surface area (Å²) in [6.07, 6.45) is 6.35. The lowest BCUT2D eigenvalue weighted by atomic mass is 9.51. The summed E-state index contributed by atoms with van der Waals surface area (Å²) in [4.78, 5) is 0. The minimum absolute atomic E-state index is 0.0227. The van der Waals surface area contributed by atoms with Gasteiger partial charge in [0.25, 0.3) is 0 Å². The lowest BCUT2D eigenvalue weighted by Gasteiger charge is -2.60. The van der Waals surface area contributed by atoms with Gasteiger partial charge in [-0.05, 0) is 92.7 Å². The summed E-state index contributed by atoms with van der Waals surface area (Å²) in [5.41, 5.74) is 1.43. The summed E-state index contributed by atoms with van der Waals surface area (Å²) in [5, 5.41) is 15.3. The van der Waals surface area contributed by atoms with Crippen LogP contribution in [0.1, 0.15) is 56.6 Å². The number of nitrogens with one attached hydrogen (secondary N) is 1. The summed E-state index contributed by atoms with van der Waals surface area (Å²) < 4.78 is 25.0. The van der Waals surface area contributed by atoms with Crippen LogP contribution in [-0.4, -0.2) is 22.9 Å². The molecule has 4 aliphatic carbocycles. The molecule has 4 bridgehead atoms. The highest BCUT2D eigenvalue weighted by molar-refractivity contribution is 6.32. The fourth-order valence-electron chi connectivity index (χ4n) is 6.57. The van der Waals surface area contributed by atoms with Crippen molar-refractivity contribution in [2.24, 2.45) is 11.8 Å². The molecule has 0 aromatic heterocycles. The van der Waals surface area contributed by atoms with Crippen LogP contribution in [0.2, 0.25) is 5.02 Å². The van der Waals surface area contributed by atoms with Crippen molar-refractivity contribution in [3.8, 4) is 11.5 Å². The molecule has 6 rings (SSSR count). The van der Waals surface area contributed by atoms with E-state index in [1.54, 1.807) is 12.1 Å². The van der Waals surface area contributed by atoms with Crippen molar-refractivity contribution in [3.05, 3.63) is 58.4 Å². The average molecular weight is 460 g/mol. The lowest BCUT2D eigenvalue weighted by Crippen LogP contribution is -2.64. The summed E-state index contributed by atoms with van der Waals surface area (Å²) in [7, 11) is 0. The Morgan fingerprint density at radius 2 is 1.78 bits per heavy atom. The maximum absolute atomic E-state index is 13.2. The van der Waals surface area contributed by atoms with Gasteiger partial charge in [-0.2, -0.15) is 0 Å². The number of halogens is 2. The molecule has 2 aromatic rings. The predicted octanol–water partition coefficient (Wildman–Crippen LogP) is 5.63. The van der Waals surface area contributed by atoms with E-state index in [4.69, 9.17) is 21.1 Å². The monoisotopic (exact) mass is 459 g/mol. The smallest absolute Gasteiger partial charge is 0.180 e. The quantitative estimate of drug-likeness (QED) is 0.537. The van der Waals surface area contributed by atoms with Crippen molar-refractivity contribution >= 4 is 11.6 Å². The molecule has 2 N–H and O–H groups in total. The van der Waals surface area contributed by atoms with Crippen molar-refractivity contribution in [1.29, 1.82) is 0 Å². The Labute approximate surface area is 194 Å². The van der Waals surface area contributed by atoms with Gasteiger partial charge in [-0.25, -0.2) is 4.39 Å². The number of hydrogen-bond acceptors (Lipinski definition) is 4. The Bertz CT molecular complexity index is 966. The van der Waals surface area contributed by atoms with Crippen molar-refractivity contribution in [2.45, 2.75) is 69.7 Å². The molecule has 0 aliphatic heterocycles. The van der Waals surface area contributed by atoms with E-state index in [1.807, 2.05) is 19.1 Å². The summed E-state index contributed by atoms with van der Waals surface area (Å²) in [6, 6.07) is 10.1. The van der Waals surface area contributed by atoms with Crippen molar-refractivity contribution in [3.63, 3.8) is 0 Å². The van der Waals surface area contributed by atoms with Gasteiger partial charge in [0.15, 0.2) is 11.5 Å². The van der Waals surface area contributed by atoms with E-state index < -0.39 is 5.60 Å². The summed E-state index contributed by atoms with van der Waals surface area (Å²) in [5.74, 6) is 2.12. The van der Waals surface area contributed by atoms with Crippen LogP contribution in [0.4, 0.5) is 4.39 Å². The van der Waals surface area contributed by atoms with E-state index in [-0.39, 0.29) is 18.0 Å². The fraction of sp³-hybridized carbons (Fsp3) is 0.538. The normalized spacial score (nSPS) is 30.5. The highest BCUT2D eigenvalue weighted by Crippen LogP contribution is 2.57. The number of rotatable bonds is 8. The summed E-state index contributed by atoms with van der Waals surface area (Å²) in [6.45, 7) is 3.38. The van der Waals surface area contributed by atoms with Gasteiger partial charge in [0.05, 0.1) is 17.2 Å². The van der Waals surface area contributed by atoms with E-state index in [0.717, 1.165) is 43.2 Å². The van der Waals surface area contributed by atoms with Crippen LogP contribution in [-0.2, 0) is 13.2 Å². The molecule has 0 spiro atoms. The zero-order valence-corrected chi connectivity index (χ0v) is 19.3. The van der Waals surface area contributed by atoms with Crippen LogP contribution in [0.25, 0.3) is 0 Å². The minimum Gasteiger partial charge on any atom is -0.490 e. The third kappa shape index (κ3) is 4.48. The molecular weight excluding hydrogens is 429 g/mol. The number of aliphatic hydroxyl groups is 1. The standard InChI is InChI=1S/C26H31ClFNO3/c1-2-31-23-9-18(8-22(27)24(23)32-15-17-3-5-21(28)6-4-17)14-29-25-10-19-7-20(11-25)13-26(30,12-19)16-25/h3-6,8-9,19-20,29-30H,2,7,10-16H2,1H3. The second-order valence-corrected chi connectivity index (χ2v) is 10.5. The van der Waals surface area contributed by atoms with Crippen LogP contribution >= 0.6 is 11.6 Å². The first-order valence-electron chi connectivity index (χ1n) is 11.7. The maximum atomic E-state index is 13.2. The van der Waals surface area contributed by atoms with Gasteiger partial charge in [0.1, 0.15) is 12.4 Å². The first-order chi connectivity index (χ1) is 15.4. The van der Waals surface area contributed by atoms with Crippen LogP contribution in [0.5, 0.6) is 11.5 Å². The molecule has 4 fully saturated rings. The molecule has 4 nitrogen and oxygen atoms in total. The van der Waals surface area contributed by atoms with E-state index in [1.165, 1.54) is 18.6 Å². The topological polar surface area (TPSA) is 50.7 Å². The van der Waals surface area contributed by atoms with E-state index in [9.17, 15) is 9.50 Å². The Morgan fingerprint density at radius 1 is 1.06 bits per heavy atom. The minimum atomic E-state index is -0.483. The van der Waals surface area contributed by atoms with Crippen LogP contribution in [0, 0.1) is 17.7 Å². The first kappa shape index (κ1) is 22.0. The van der Waals surface area contributed by atoms with E-state index >= 15 is 0 Å². The highest BCUT2D eigenvalue weighted by Gasteiger charge is 2.56. The highest BCUT2D eigenvalue weighted by atomic mass is 35.5. The van der Waals surface area contributed by atoms with Gasteiger partial charge in [-0.15, -0.1) is 0 Å². The van der Waals surface area contributed by atoms with Crippen LogP contribution in [0.3, 0.4) is 0 Å². The molecule has 32 heavy (non-hydrogen) atoms. The molecule has 2 atom stereocenters. The molecule has 2 unspecified atom stereocenters. The number of benzene rings is 2. The van der Waals surface area contributed by atoms with Crippen LogP contribution in [0.15, 0.2) is 36.4 Å². The molecular formula is C26H31ClFNO3. The molecule has 172 valence electrons. The van der Waals surface area contributed by atoms with Gasteiger partial charge < -0.3 is 19.9 Å². The van der Waals surface area contributed by atoms with E-state index in [0.29, 0.717) is 41.5 Å². The molecule has 0 radical (unpaired) electrons.